The Morgan fingerprint density at radius 2 is 0.937 bits per heavy atom. The van der Waals surface area contributed by atoms with E-state index in [-0.39, 0.29) is 181 Å². The predicted molar refractivity (Wildman–Crippen MR) is 344 cm³/mol. The second-order valence-electron chi connectivity index (χ2n) is 23.9. The number of benzene rings is 4. The standard InChI is InChI=1S/C32H41ClN2O8.C19H20ClNO4.C13H22ClNO4.CH3F.CH2O3.2Cs.H/c1-31(2,3)43-30(39)35-26-9-7-6-8-25(26)28(37)40-20-41-29(38)32(4,5)42-24-16-10-21(11-17-24)18-19-34-27(36)22-12-14-23(33)15-13-22;1-19(2,18(23)24)25-16-9-3-13(4-10-16)11-12-21-17(22)14-5-7-15(20)8-6-14;1-13(2,3)19-12(17)15-10-7-5-4-6-9(10)11(16)18-8-14;1-2;2-1-4-3;;;/h10-17,25-26H,6-9,18-20H2,1-5H3,(H,34,36)(H,35,39);3-10H,11-12H2,1-2H3,(H,21,22)(H,23,24);9-10H,4-8H2,1-3H3,(H,15,17);1H3;1,3H;;;/q;;;;;2*+1;-1/p-1/t25?,26-;;9?,10-;;;;;/m1.1...../s1/i;;;1D;;;;. The number of nitrogens with one attached hydrogen (secondary N) is 4. The number of rotatable bonds is 22. The summed E-state index contributed by atoms with van der Waals surface area (Å²) >= 11 is 17.1. The molecule has 2 saturated carbocycles. The molecule has 23 nitrogen and oxygen atoms in total. The van der Waals surface area contributed by atoms with Gasteiger partial charge in [0.25, 0.3) is 18.3 Å². The molecule has 2 fully saturated rings. The summed E-state index contributed by atoms with van der Waals surface area (Å²) in [6, 6.07) is 26.8. The van der Waals surface area contributed by atoms with Crippen LogP contribution in [0.1, 0.15) is 155 Å². The molecule has 0 radical (unpaired) electrons. The van der Waals surface area contributed by atoms with Gasteiger partial charge < -0.3 is 71.1 Å². The number of hydrogen-bond acceptors (Lipinski definition) is 18. The van der Waals surface area contributed by atoms with Gasteiger partial charge in [0, 0.05) is 46.3 Å². The Kier molecular flexibility index (Phi) is 44.4. The smallest absolute Gasteiger partial charge is 1.00 e. The van der Waals surface area contributed by atoms with Gasteiger partial charge in [-0.1, -0.05) is 84.8 Å². The Bertz CT molecular complexity index is 3030. The molecule has 0 aliphatic heterocycles. The molecule has 2 aliphatic rings. The predicted octanol–water partition coefficient (Wildman–Crippen LogP) is 5.10. The maximum atomic E-state index is 12.8. The van der Waals surface area contributed by atoms with Gasteiger partial charge in [0.15, 0.2) is 17.3 Å². The molecule has 4 atom stereocenters. The zero-order valence-electron chi connectivity index (χ0n) is 58.0. The summed E-state index contributed by atoms with van der Waals surface area (Å²) in [4.78, 5) is 108. The van der Waals surface area contributed by atoms with E-state index in [0.29, 0.717) is 77.9 Å². The molecule has 29 heteroatoms. The number of esters is 3. The van der Waals surface area contributed by atoms with Crippen LogP contribution in [0.5, 0.6) is 11.5 Å². The van der Waals surface area contributed by atoms with Crippen LogP contribution in [0.3, 0.4) is 0 Å². The number of carbonyl (C=O) groups excluding carboxylic acids is 8. The van der Waals surface area contributed by atoms with Crippen molar-refractivity contribution in [1.82, 2.24) is 21.3 Å². The third kappa shape index (κ3) is 37.8. The fourth-order valence-electron chi connectivity index (χ4n) is 8.84. The zero-order valence-corrected chi connectivity index (χ0v) is 70.9. The topological polar surface area (TPSA) is 319 Å². The van der Waals surface area contributed by atoms with Gasteiger partial charge in [-0.05, 0) is 192 Å². The number of carboxylic acid groups (broad SMARTS) is 1. The first-order valence-electron chi connectivity index (χ1n) is 30.4. The molecular formula is C66H88Cl3Cs2FN4O19. The molecule has 0 bridgehead atoms. The molecule has 2 aliphatic carbocycles. The second kappa shape index (κ2) is 47.3. The van der Waals surface area contributed by atoms with E-state index in [4.69, 9.17) is 84.5 Å². The summed E-state index contributed by atoms with van der Waals surface area (Å²) in [6.07, 6.45) is 6.42. The number of alkyl halides is 2. The zero-order chi connectivity index (χ0) is 70.7. The van der Waals surface area contributed by atoms with Crippen LogP contribution in [0.4, 0.5) is 14.0 Å². The Morgan fingerprint density at radius 1 is 0.589 bits per heavy atom. The van der Waals surface area contributed by atoms with Crippen molar-refractivity contribution in [3.05, 3.63) is 129 Å². The van der Waals surface area contributed by atoms with Crippen molar-refractivity contribution in [2.75, 3.05) is 33.1 Å². The third-order valence-corrected chi connectivity index (χ3v) is 14.0. The minimum atomic E-state index is -1.36. The molecule has 0 heterocycles. The van der Waals surface area contributed by atoms with Crippen molar-refractivity contribution in [2.45, 2.75) is 168 Å². The molecule has 4 aromatic rings. The Hall–Kier alpha value is -3.83. The fraction of sp³-hybridized carbons (Fsp3) is 0.500. The van der Waals surface area contributed by atoms with Crippen LogP contribution in [-0.2, 0) is 65.4 Å². The molecule has 2 unspecified atom stereocenters. The molecule has 516 valence electrons. The minimum Gasteiger partial charge on any atom is -1.00 e. The summed E-state index contributed by atoms with van der Waals surface area (Å²) < 4.78 is 52.6. The molecule has 6 rings (SSSR count). The van der Waals surface area contributed by atoms with E-state index in [1.54, 1.807) is 128 Å². The van der Waals surface area contributed by atoms with E-state index in [2.05, 4.69) is 26.2 Å². The largest absolute Gasteiger partial charge is 1.00 e. The first kappa shape index (κ1) is 89.2. The van der Waals surface area contributed by atoms with Gasteiger partial charge in [0.05, 0.1) is 20.4 Å². The average molecular weight is 1630 g/mol. The van der Waals surface area contributed by atoms with E-state index >= 15 is 0 Å². The Labute approximate surface area is 691 Å². The molecule has 4 amide bonds. The summed E-state index contributed by atoms with van der Waals surface area (Å²) in [6.45, 7) is 17.0. The molecule has 0 spiro atoms. The monoisotopic (exact) mass is 1630 g/mol. The van der Waals surface area contributed by atoms with Crippen molar-refractivity contribution in [3.63, 3.8) is 0 Å². The van der Waals surface area contributed by atoms with Crippen LogP contribution in [0.2, 0.25) is 10.0 Å². The van der Waals surface area contributed by atoms with Crippen molar-refractivity contribution in [1.29, 1.82) is 0 Å². The van der Waals surface area contributed by atoms with E-state index < -0.39 is 78.4 Å². The van der Waals surface area contributed by atoms with Crippen LogP contribution in [0.25, 0.3) is 0 Å². The van der Waals surface area contributed by atoms with Gasteiger partial charge in [-0.15, -0.1) is 0 Å². The van der Waals surface area contributed by atoms with E-state index in [1.807, 2.05) is 24.3 Å². The molecular weight excluding hydrogens is 1540 g/mol. The number of aliphatic carboxylic acids is 1. The van der Waals surface area contributed by atoms with Crippen LogP contribution >= 0.6 is 34.8 Å². The van der Waals surface area contributed by atoms with E-state index in [1.165, 1.54) is 13.8 Å². The van der Waals surface area contributed by atoms with Gasteiger partial charge >= 0.3 is 174 Å². The number of carbonyl (C=O) groups is 9. The van der Waals surface area contributed by atoms with Crippen molar-refractivity contribution < 1.29 is 237 Å². The molecule has 0 saturated heterocycles. The van der Waals surface area contributed by atoms with Crippen LogP contribution in [0, 0.1) is 11.8 Å². The van der Waals surface area contributed by atoms with Crippen LogP contribution in [-0.4, -0.2) is 127 Å². The van der Waals surface area contributed by atoms with Gasteiger partial charge in [0.2, 0.25) is 6.79 Å². The maximum Gasteiger partial charge on any atom is 1.00 e. The van der Waals surface area contributed by atoms with Crippen LogP contribution in [0.15, 0.2) is 97.1 Å². The first-order valence-corrected chi connectivity index (χ1v) is 31.0. The number of hydrogen-bond donors (Lipinski definition) is 5. The van der Waals surface area contributed by atoms with Crippen molar-refractivity contribution in [2.24, 2.45) is 11.8 Å². The fourth-order valence-corrected chi connectivity index (χ4v) is 9.20. The average Bonchev–Trinajstić information content (AvgIpc) is 0.930. The summed E-state index contributed by atoms with van der Waals surface area (Å²) in [5.74, 6) is -2.93. The number of ether oxygens (including phenoxy) is 7. The molecule has 4 aromatic carbocycles. The van der Waals surface area contributed by atoms with Gasteiger partial charge in [-0.25, -0.2) is 19.2 Å². The first-order chi connectivity index (χ1) is 44.2. The molecule has 5 N–H and O–H groups in total. The van der Waals surface area contributed by atoms with Crippen LogP contribution < -0.4 is 174 Å². The SMILES string of the molecule is CC(C)(C)OC(=O)N[C@@H]1CCCCC1C(=O)OCCl.CC(C)(C)OC(=O)N[C@@H]1CCCCC1C(=O)OCOC(=O)C(C)(C)Oc1ccc(CCNC(=O)c2ccc(Cl)cc2)cc1.CC(C)(Oc1ccc(CCNC(=O)c2ccc(Cl)cc2)cc1)C(=O)O.O=CO[O-].[2H]CF.[Cs+].[Cs+].[H-]. The third-order valence-electron chi connectivity index (χ3n) is 13.4. The quantitative estimate of drug-likeness (QED) is 0.0130. The number of amides is 4. The van der Waals surface area contributed by atoms with E-state index in [9.17, 15) is 42.7 Å². The summed E-state index contributed by atoms with van der Waals surface area (Å²) in [5.41, 5.74) is -0.771. The number of alkyl carbamates (subject to hydrolysis) is 2. The second-order valence-corrected chi connectivity index (χ2v) is 25.0. The molecule has 0 aromatic heterocycles. The van der Waals surface area contributed by atoms with Gasteiger partial charge in [-0.2, -0.15) is 0 Å². The Morgan fingerprint density at radius 3 is 1.27 bits per heavy atom. The van der Waals surface area contributed by atoms with E-state index in [0.717, 1.165) is 43.2 Å². The minimum absolute atomic E-state index is 0. The summed E-state index contributed by atoms with van der Waals surface area (Å²) in [5, 5.41) is 29.9. The normalized spacial score (nSPS) is 15.7. The Balaban J connectivity index is 0. The molecule has 95 heavy (non-hydrogen) atoms. The van der Waals surface area contributed by atoms with Gasteiger partial charge in [-0.3, -0.25) is 28.4 Å². The van der Waals surface area contributed by atoms with Crippen molar-refractivity contribution in [3.8, 4) is 11.5 Å². The number of carboxylic acids is 1. The van der Waals surface area contributed by atoms with Crippen molar-refractivity contribution >= 4 is 89.2 Å². The van der Waals surface area contributed by atoms with Gasteiger partial charge in [0.1, 0.15) is 22.7 Å². The summed E-state index contributed by atoms with van der Waals surface area (Å²) in [7, 11) is -1.00. The number of halogens is 4. The maximum absolute atomic E-state index is 12.8.